The van der Waals surface area contributed by atoms with Crippen LogP contribution in [0.25, 0.3) is 0 Å². The van der Waals surface area contributed by atoms with E-state index in [9.17, 15) is 5.11 Å². The quantitative estimate of drug-likeness (QED) is 0.532. The van der Waals surface area contributed by atoms with Gasteiger partial charge in [-0.1, -0.05) is 57.2 Å². The fraction of sp³-hybridized carbons (Fsp3) is 0.579. The van der Waals surface area contributed by atoms with E-state index in [1.165, 1.54) is 0 Å². The second-order valence-corrected chi connectivity index (χ2v) is 12.3. The Bertz CT molecular complexity index is 465. The summed E-state index contributed by atoms with van der Waals surface area (Å²) >= 11 is 0. The maximum absolute atomic E-state index is 10.5. The average Bonchev–Trinajstić information content (AvgIpc) is 2.49. The molecule has 0 fully saturated rings. The molecule has 0 spiro atoms. The molecule has 4 heteroatoms. The maximum atomic E-state index is 10.5. The Morgan fingerprint density at radius 3 is 2.35 bits per heavy atom. The van der Waals surface area contributed by atoms with Gasteiger partial charge in [-0.3, -0.25) is 0 Å². The van der Waals surface area contributed by atoms with Gasteiger partial charge in [-0.25, -0.2) is 0 Å². The number of aliphatic hydroxyl groups is 1. The maximum Gasteiger partial charge on any atom is 0.192 e. The lowest BCUT2D eigenvalue weighted by atomic mass is 10.1. The van der Waals surface area contributed by atoms with Crippen LogP contribution < -0.4 is 0 Å². The molecular formula is C19H32O3Si. The van der Waals surface area contributed by atoms with Gasteiger partial charge in [0.25, 0.3) is 0 Å². The van der Waals surface area contributed by atoms with Gasteiger partial charge in [0.05, 0.1) is 19.3 Å². The van der Waals surface area contributed by atoms with Crippen molar-refractivity contribution in [3.8, 4) is 0 Å². The van der Waals surface area contributed by atoms with E-state index in [1.54, 1.807) is 6.08 Å². The van der Waals surface area contributed by atoms with E-state index in [0.29, 0.717) is 19.6 Å². The summed E-state index contributed by atoms with van der Waals surface area (Å²) in [6.45, 7) is 15.5. The van der Waals surface area contributed by atoms with E-state index in [1.807, 2.05) is 30.3 Å². The van der Waals surface area contributed by atoms with Gasteiger partial charge in [0, 0.05) is 0 Å². The number of hydrogen-bond acceptors (Lipinski definition) is 3. The zero-order valence-corrected chi connectivity index (χ0v) is 16.2. The standard InChI is InChI=1S/C19H32O3Si/c1-7-11-18(21-14-16-12-9-8-10-13-16)17(20)15-22-23(5,6)19(2,3)4/h7-10,12-13,17-18,20H,1,11,14-15H2,2-6H3/t17-,18-/m0/s1. The topological polar surface area (TPSA) is 38.7 Å². The molecule has 1 aromatic carbocycles. The summed E-state index contributed by atoms with van der Waals surface area (Å²) in [4.78, 5) is 0. The van der Waals surface area contributed by atoms with Gasteiger partial charge in [-0.2, -0.15) is 0 Å². The van der Waals surface area contributed by atoms with Crippen LogP contribution in [0, 0.1) is 0 Å². The monoisotopic (exact) mass is 336 g/mol. The van der Waals surface area contributed by atoms with E-state index in [2.05, 4.69) is 40.4 Å². The second kappa shape index (κ2) is 8.78. The molecule has 2 atom stereocenters. The number of aliphatic hydroxyl groups excluding tert-OH is 1. The SMILES string of the molecule is C=CC[C@H](OCc1ccccc1)[C@@H](O)CO[Si](C)(C)C(C)(C)C. The summed E-state index contributed by atoms with van der Waals surface area (Å²) in [6, 6.07) is 9.98. The van der Waals surface area contributed by atoms with Gasteiger partial charge in [0.15, 0.2) is 8.32 Å². The Morgan fingerprint density at radius 2 is 1.83 bits per heavy atom. The molecule has 0 aliphatic heterocycles. The van der Waals surface area contributed by atoms with Gasteiger partial charge in [-0.05, 0) is 30.1 Å². The summed E-state index contributed by atoms with van der Waals surface area (Å²) in [5.41, 5.74) is 1.10. The lowest BCUT2D eigenvalue weighted by molar-refractivity contribution is -0.0608. The van der Waals surface area contributed by atoms with Crippen LogP contribution in [0.2, 0.25) is 18.1 Å². The van der Waals surface area contributed by atoms with Crippen LogP contribution in [-0.4, -0.2) is 32.2 Å². The van der Waals surface area contributed by atoms with Gasteiger partial charge in [0.2, 0.25) is 0 Å². The van der Waals surface area contributed by atoms with Crippen LogP contribution in [0.5, 0.6) is 0 Å². The molecular weight excluding hydrogens is 304 g/mol. The largest absolute Gasteiger partial charge is 0.414 e. The minimum atomic E-state index is -1.86. The predicted octanol–water partition coefficient (Wildman–Crippen LogP) is 4.53. The molecule has 0 heterocycles. The molecule has 130 valence electrons. The number of rotatable bonds is 9. The minimum absolute atomic E-state index is 0.131. The minimum Gasteiger partial charge on any atom is -0.414 e. The van der Waals surface area contributed by atoms with Crippen molar-refractivity contribution in [1.82, 2.24) is 0 Å². The molecule has 1 rings (SSSR count). The highest BCUT2D eigenvalue weighted by Crippen LogP contribution is 2.36. The third-order valence-corrected chi connectivity index (χ3v) is 9.06. The Hall–Kier alpha value is -0.943. The van der Waals surface area contributed by atoms with Crippen molar-refractivity contribution in [1.29, 1.82) is 0 Å². The molecule has 1 N–H and O–H groups in total. The predicted molar refractivity (Wildman–Crippen MR) is 99.0 cm³/mol. The molecule has 0 aliphatic carbocycles. The number of ether oxygens (including phenoxy) is 1. The van der Waals surface area contributed by atoms with Crippen molar-refractivity contribution in [3.63, 3.8) is 0 Å². The zero-order valence-electron chi connectivity index (χ0n) is 15.2. The first-order chi connectivity index (χ1) is 10.7. The molecule has 23 heavy (non-hydrogen) atoms. The van der Waals surface area contributed by atoms with Crippen molar-refractivity contribution in [3.05, 3.63) is 48.6 Å². The zero-order chi connectivity index (χ0) is 17.5. The van der Waals surface area contributed by atoms with Crippen molar-refractivity contribution in [2.45, 2.75) is 64.1 Å². The van der Waals surface area contributed by atoms with Crippen LogP contribution in [0.15, 0.2) is 43.0 Å². The molecule has 0 saturated carbocycles. The van der Waals surface area contributed by atoms with Gasteiger partial charge in [0.1, 0.15) is 6.10 Å². The molecule has 0 amide bonds. The third kappa shape index (κ3) is 6.59. The van der Waals surface area contributed by atoms with E-state index >= 15 is 0 Å². The molecule has 0 aromatic heterocycles. The van der Waals surface area contributed by atoms with E-state index in [-0.39, 0.29) is 11.1 Å². The van der Waals surface area contributed by atoms with Crippen molar-refractivity contribution < 1.29 is 14.3 Å². The van der Waals surface area contributed by atoms with Crippen molar-refractivity contribution in [2.24, 2.45) is 0 Å². The van der Waals surface area contributed by atoms with Crippen molar-refractivity contribution >= 4 is 8.32 Å². The van der Waals surface area contributed by atoms with Gasteiger partial charge in [-0.15, -0.1) is 6.58 Å². The smallest absolute Gasteiger partial charge is 0.192 e. The number of benzene rings is 1. The normalized spacial score (nSPS) is 15.2. The van der Waals surface area contributed by atoms with Crippen LogP contribution in [0.1, 0.15) is 32.8 Å². The Kier molecular flexibility index (Phi) is 7.68. The van der Waals surface area contributed by atoms with Gasteiger partial charge < -0.3 is 14.3 Å². The second-order valence-electron chi connectivity index (χ2n) is 7.50. The molecule has 0 aliphatic rings. The van der Waals surface area contributed by atoms with E-state index < -0.39 is 14.4 Å². The first-order valence-corrected chi connectivity index (χ1v) is 11.2. The average molecular weight is 337 g/mol. The van der Waals surface area contributed by atoms with E-state index in [0.717, 1.165) is 5.56 Å². The highest BCUT2D eigenvalue weighted by Gasteiger charge is 2.38. The molecule has 0 bridgehead atoms. The summed E-state index contributed by atoms with van der Waals surface area (Å²) in [6.07, 6.45) is 1.45. The lowest BCUT2D eigenvalue weighted by Gasteiger charge is -2.37. The molecule has 0 unspecified atom stereocenters. The van der Waals surface area contributed by atoms with Crippen molar-refractivity contribution in [2.75, 3.05) is 6.61 Å². The fourth-order valence-electron chi connectivity index (χ4n) is 1.90. The molecule has 3 nitrogen and oxygen atoms in total. The summed E-state index contributed by atoms with van der Waals surface area (Å²) in [5.74, 6) is 0. The fourth-order valence-corrected chi connectivity index (χ4v) is 2.92. The van der Waals surface area contributed by atoms with Gasteiger partial charge >= 0.3 is 0 Å². The first-order valence-electron chi connectivity index (χ1n) is 8.26. The highest BCUT2D eigenvalue weighted by atomic mass is 28.4. The molecule has 1 aromatic rings. The number of hydrogen-bond donors (Lipinski definition) is 1. The summed E-state index contributed by atoms with van der Waals surface area (Å²) in [5, 5.41) is 10.6. The summed E-state index contributed by atoms with van der Waals surface area (Å²) < 4.78 is 12.0. The first kappa shape index (κ1) is 20.1. The summed E-state index contributed by atoms with van der Waals surface area (Å²) in [7, 11) is -1.86. The van der Waals surface area contributed by atoms with Crippen LogP contribution in [0.3, 0.4) is 0 Å². The molecule has 0 saturated heterocycles. The highest BCUT2D eigenvalue weighted by molar-refractivity contribution is 6.74. The Balaban J connectivity index is 2.57. The Labute approximate surface area is 142 Å². The third-order valence-electron chi connectivity index (χ3n) is 4.56. The van der Waals surface area contributed by atoms with Crippen LogP contribution in [0.4, 0.5) is 0 Å². The van der Waals surface area contributed by atoms with Crippen LogP contribution >= 0.6 is 0 Å². The lowest BCUT2D eigenvalue weighted by Crippen LogP contribution is -2.44. The van der Waals surface area contributed by atoms with Crippen LogP contribution in [-0.2, 0) is 15.8 Å². The Morgan fingerprint density at radius 1 is 1.22 bits per heavy atom. The molecule has 0 radical (unpaired) electrons. The van der Waals surface area contributed by atoms with E-state index in [4.69, 9.17) is 9.16 Å².